The Kier molecular flexibility index (Phi) is 1.57. The Bertz CT molecular complexity index is 124. The minimum absolute atomic E-state index is 0.868. The van der Waals surface area contributed by atoms with Crippen LogP contribution in [-0.4, -0.2) is 0 Å². The highest BCUT2D eigenvalue weighted by Crippen LogP contribution is 2.07. The fourth-order valence-electron chi connectivity index (χ4n) is 0.457. The number of hydrogen-bond donors (Lipinski definition) is 0. The maximum atomic E-state index is 4.98. The first-order valence-electron chi connectivity index (χ1n) is 2.59. The molecule has 1 heterocycles. The summed E-state index contributed by atoms with van der Waals surface area (Å²) in [6, 6.07) is 0. The Hall–Kier alpha value is -0.920. The van der Waals surface area contributed by atoms with E-state index in [0.717, 1.165) is 12.2 Å². The van der Waals surface area contributed by atoms with Crippen molar-refractivity contribution in [2.75, 3.05) is 0 Å². The van der Waals surface area contributed by atoms with E-state index in [0.29, 0.717) is 0 Å². The van der Waals surface area contributed by atoms with Crippen LogP contribution in [-0.2, 0) is 9.47 Å². The van der Waals surface area contributed by atoms with Crippen molar-refractivity contribution >= 4 is 0 Å². The molecule has 0 spiro atoms. The molecule has 0 radical (unpaired) electrons. The van der Waals surface area contributed by atoms with E-state index >= 15 is 0 Å². The molecule has 2 nitrogen and oxygen atoms in total. The molecule has 44 valence electrons. The smallest absolute Gasteiger partial charge is 0.138 e. The van der Waals surface area contributed by atoms with Crippen molar-refractivity contribution in [1.29, 1.82) is 0 Å². The quantitative estimate of drug-likeness (QED) is 0.514. The van der Waals surface area contributed by atoms with Crippen LogP contribution in [0.2, 0.25) is 0 Å². The Balaban J connectivity index is 2.43. The fraction of sp³-hybridized carbons (Fsp3) is 0.333. The molecule has 0 saturated carbocycles. The van der Waals surface area contributed by atoms with Crippen LogP contribution in [0.25, 0.3) is 0 Å². The highest BCUT2D eigenvalue weighted by Gasteiger charge is 1.94. The molecule has 0 aromatic carbocycles. The lowest BCUT2D eigenvalue weighted by Crippen LogP contribution is -1.88. The topological polar surface area (TPSA) is 18.5 Å². The van der Waals surface area contributed by atoms with E-state index in [-0.39, 0.29) is 0 Å². The molecular formula is C6H8O2. The third-order valence-corrected chi connectivity index (χ3v) is 0.901. The molecule has 0 amide bonds. The van der Waals surface area contributed by atoms with Gasteiger partial charge >= 0.3 is 0 Å². The molecule has 1 aliphatic rings. The molecule has 0 bridgehead atoms. The molecule has 0 unspecified atom stereocenters. The highest BCUT2D eigenvalue weighted by atomic mass is 16.5. The first-order chi connectivity index (χ1) is 3.93. The molecule has 0 aliphatic carbocycles. The minimum atomic E-state index is 0.868. The van der Waals surface area contributed by atoms with E-state index in [2.05, 4.69) is 0 Å². The Morgan fingerprint density at radius 2 is 2.38 bits per heavy atom. The van der Waals surface area contributed by atoms with Crippen LogP contribution in [0.5, 0.6) is 0 Å². The summed E-state index contributed by atoms with van der Waals surface area (Å²) in [4.78, 5) is 0. The summed E-state index contributed by atoms with van der Waals surface area (Å²) in [6.45, 7) is 2.01. The van der Waals surface area contributed by atoms with Crippen molar-refractivity contribution in [3.63, 3.8) is 0 Å². The molecule has 0 aromatic rings. The predicted octanol–water partition coefficient (Wildman–Crippen LogP) is 1.76. The lowest BCUT2D eigenvalue weighted by molar-refractivity contribution is 0.249. The third kappa shape index (κ3) is 1.03. The summed E-state index contributed by atoms with van der Waals surface area (Å²) in [5.74, 6) is 0.868. The molecule has 0 atom stereocenters. The predicted molar refractivity (Wildman–Crippen MR) is 29.7 cm³/mol. The van der Waals surface area contributed by atoms with Crippen LogP contribution in [0.1, 0.15) is 13.3 Å². The monoisotopic (exact) mass is 112 g/mol. The first kappa shape index (κ1) is 5.22. The van der Waals surface area contributed by atoms with Crippen LogP contribution in [0, 0.1) is 0 Å². The van der Waals surface area contributed by atoms with E-state index in [1.807, 2.05) is 6.92 Å². The molecule has 2 heteroatoms. The normalized spacial score (nSPS) is 16.4. The van der Waals surface area contributed by atoms with E-state index in [4.69, 9.17) is 9.47 Å². The lowest BCUT2D eigenvalue weighted by atomic mass is 10.4. The Morgan fingerprint density at radius 1 is 1.50 bits per heavy atom. The first-order valence-corrected chi connectivity index (χ1v) is 2.59. The van der Waals surface area contributed by atoms with Crippen LogP contribution >= 0.6 is 0 Å². The summed E-state index contributed by atoms with van der Waals surface area (Å²) in [5.41, 5.74) is 0. The summed E-state index contributed by atoms with van der Waals surface area (Å²) in [5, 5.41) is 0. The molecule has 0 saturated heterocycles. The maximum Gasteiger partial charge on any atom is 0.138 e. The molecule has 8 heavy (non-hydrogen) atoms. The molecular weight excluding hydrogens is 104 g/mol. The van der Waals surface area contributed by atoms with E-state index < -0.39 is 0 Å². The van der Waals surface area contributed by atoms with Gasteiger partial charge in [0.25, 0.3) is 0 Å². The van der Waals surface area contributed by atoms with Crippen LogP contribution in [0.3, 0.4) is 0 Å². The highest BCUT2D eigenvalue weighted by molar-refractivity contribution is 4.93. The average molecular weight is 112 g/mol. The standard InChI is InChI=1S/C6H8O2/c1-2-6-5-7-3-4-8-6/h3-5H,2H2,1H3. The third-order valence-electron chi connectivity index (χ3n) is 0.901. The van der Waals surface area contributed by atoms with Gasteiger partial charge in [0.15, 0.2) is 0 Å². The van der Waals surface area contributed by atoms with E-state index in [1.54, 1.807) is 6.26 Å². The second-order valence-corrected chi connectivity index (χ2v) is 1.46. The zero-order chi connectivity index (χ0) is 5.82. The number of ether oxygens (including phenoxy) is 2. The van der Waals surface area contributed by atoms with Gasteiger partial charge in [-0.1, -0.05) is 6.92 Å². The lowest BCUT2D eigenvalue weighted by Gasteiger charge is -2.05. The number of hydrogen-bond acceptors (Lipinski definition) is 2. The minimum Gasteiger partial charge on any atom is -0.466 e. The van der Waals surface area contributed by atoms with Crippen LogP contribution in [0.15, 0.2) is 24.5 Å². The van der Waals surface area contributed by atoms with Crippen molar-refractivity contribution in [2.45, 2.75) is 13.3 Å². The van der Waals surface area contributed by atoms with Gasteiger partial charge in [-0.3, -0.25) is 0 Å². The molecule has 1 aliphatic heterocycles. The maximum absolute atomic E-state index is 4.98. The van der Waals surface area contributed by atoms with Crippen LogP contribution < -0.4 is 0 Å². The molecule has 0 aromatic heterocycles. The largest absolute Gasteiger partial charge is 0.466 e. The summed E-state index contributed by atoms with van der Waals surface area (Å²) in [6.07, 6.45) is 5.50. The van der Waals surface area contributed by atoms with Gasteiger partial charge in [0, 0.05) is 6.42 Å². The van der Waals surface area contributed by atoms with Crippen molar-refractivity contribution in [3.8, 4) is 0 Å². The van der Waals surface area contributed by atoms with Crippen molar-refractivity contribution < 1.29 is 9.47 Å². The van der Waals surface area contributed by atoms with Gasteiger partial charge in [0.1, 0.15) is 24.5 Å². The van der Waals surface area contributed by atoms with Crippen molar-refractivity contribution in [2.24, 2.45) is 0 Å². The van der Waals surface area contributed by atoms with Crippen molar-refractivity contribution in [1.82, 2.24) is 0 Å². The fourth-order valence-corrected chi connectivity index (χ4v) is 0.457. The Labute approximate surface area is 48.4 Å². The second kappa shape index (κ2) is 2.40. The number of rotatable bonds is 1. The number of allylic oxidation sites excluding steroid dienone is 1. The molecule has 0 N–H and O–H groups in total. The zero-order valence-electron chi connectivity index (χ0n) is 4.76. The van der Waals surface area contributed by atoms with Gasteiger partial charge in [0.2, 0.25) is 0 Å². The van der Waals surface area contributed by atoms with Gasteiger partial charge in [0.05, 0.1) is 0 Å². The van der Waals surface area contributed by atoms with Crippen LogP contribution in [0.4, 0.5) is 0 Å². The Morgan fingerprint density at radius 3 is 2.75 bits per heavy atom. The van der Waals surface area contributed by atoms with E-state index in [9.17, 15) is 0 Å². The summed E-state index contributed by atoms with van der Waals surface area (Å²) >= 11 is 0. The summed E-state index contributed by atoms with van der Waals surface area (Å²) in [7, 11) is 0. The summed E-state index contributed by atoms with van der Waals surface area (Å²) < 4.78 is 9.79. The molecule has 1 rings (SSSR count). The van der Waals surface area contributed by atoms with Gasteiger partial charge in [-0.05, 0) is 0 Å². The zero-order valence-corrected chi connectivity index (χ0v) is 4.76. The van der Waals surface area contributed by atoms with Gasteiger partial charge in [-0.2, -0.15) is 0 Å². The SMILES string of the molecule is CCC1=COC=CO1. The van der Waals surface area contributed by atoms with E-state index in [1.165, 1.54) is 12.5 Å². The second-order valence-electron chi connectivity index (χ2n) is 1.46. The average Bonchev–Trinajstić information content (AvgIpc) is 1.90. The van der Waals surface area contributed by atoms with Gasteiger partial charge < -0.3 is 9.47 Å². The van der Waals surface area contributed by atoms with Crippen molar-refractivity contribution in [3.05, 3.63) is 24.5 Å². The van der Waals surface area contributed by atoms with Gasteiger partial charge in [-0.15, -0.1) is 0 Å². The molecule has 0 fully saturated rings. The van der Waals surface area contributed by atoms with Gasteiger partial charge in [-0.25, -0.2) is 0 Å².